The monoisotopic (exact) mass is 297 g/mol. The molecule has 0 amide bonds. The van der Waals surface area contributed by atoms with E-state index in [2.05, 4.69) is 24.1 Å². The average Bonchev–Trinajstić information content (AvgIpc) is 3.17. The number of aromatic nitrogens is 1. The van der Waals surface area contributed by atoms with E-state index >= 15 is 0 Å². The summed E-state index contributed by atoms with van der Waals surface area (Å²) in [7, 11) is 1.73. The van der Waals surface area contributed by atoms with Crippen LogP contribution < -0.4 is 10.2 Å². The predicted octanol–water partition coefficient (Wildman–Crippen LogP) is 2.81. The molecule has 0 unspecified atom stereocenters. The molecule has 0 aliphatic heterocycles. The van der Waals surface area contributed by atoms with Crippen molar-refractivity contribution in [1.82, 2.24) is 10.3 Å². The Bertz CT molecular complexity index is 404. The lowest BCUT2D eigenvalue weighted by Gasteiger charge is -2.20. The molecular weight excluding hydrogens is 270 g/mol. The maximum atomic E-state index is 5.05. The molecule has 114 valence electrons. The molecule has 1 aromatic rings. The third kappa shape index (κ3) is 4.72. The van der Waals surface area contributed by atoms with Crippen molar-refractivity contribution >= 4 is 16.5 Å². The Morgan fingerprint density at radius 1 is 1.45 bits per heavy atom. The fourth-order valence-electron chi connectivity index (χ4n) is 2.24. The van der Waals surface area contributed by atoms with Crippen LogP contribution in [0.25, 0.3) is 0 Å². The summed E-state index contributed by atoms with van der Waals surface area (Å²) in [5.74, 6) is 0.911. The van der Waals surface area contributed by atoms with Gasteiger partial charge in [-0.25, -0.2) is 4.98 Å². The Labute approximate surface area is 126 Å². The molecule has 20 heavy (non-hydrogen) atoms. The summed E-state index contributed by atoms with van der Waals surface area (Å²) in [6, 6.07) is 0. The van der Waals surface area contributed by atoms with Crippen LogP contribution >= 0.6 is 11.3 Å². The number of aryl methyl sites for hydroxylation is 1. The lowest BCUT2D eigenvalue weighted by atomic mass is 10.3. The zero-order chi connectivity index (χ0) is 14.4. The van der Waals surface area contributed by atoms with Gasteiger partial charge in [0.05, 0.1) is 12.3 Å². The molecule has 1 heterocycles. The van der Waals surface area contributed by atoms with Crippen molar-refractivity contribution in [3.63, 3.8) is 0 Å². The minimum atomic E-state index is 0.758. The Morgan fingerprint density at radius 3 is 2.90 bits per heavy atom. The minimum Gasteiger partial charge on any atom is -0.383 e. The van der Waals surface area contributed by atoms with Gasteiger partial charge in [0.25, 0.3) is 0 Å². The van der Waals surface area contributed by atoms with Gasteiger partial charge in [0.15, 0.2) is 5.13 Å². The lowest BCUT2D eigenvalue weighted by molar-refractivity contribution is 0.199. The highest BCUT2D eigenvalue weighted by Crippen LogP contribution is 2.33. The summed E-state index contributed by atoms with van der Waals surface area (Å²) in [5.41, 5.74) is 1.17. The van der Waals surface area contributed by atoms with Crippen molar-refractivity contribution in [1.29, 1.82) is 0 Å². The van der Waals surface area contributed by atoms with Crippen LogP contribution in [-0.4, -0.2) is 38.3 Å². The third-order valence-electron chi connectivity index (χ3n) is 3.59. The summed E-state index contributed by atoms with van der Waals surface area (Å²) >= 11 is 1.85. The smallest absolute Gasteiger partial charge is 0.185 e. The molecule has 4 nitrogen and oxygen atoms in total. The van der Waals surface area contributed by atoms with Crippen LogP contribution in [0.15, 0.2) is 0 Å². The average molecular weight is 297 g/mol. The highest BCUT2D eigenvalue weighted by molar-refractivity contribution is 7.15. The number of nitrogens with zero attached hydrogens (tertiary/aromatic N) is 2. The van der Waals surface area contributed by atoms with Gasteiger partial charge >= 0.3 is 0 Å². The van der Waals surface area contributed by atoms with Crippen LogP contribution in [0.1, 0.15) is 36.8 Å². The van der Waals surface area contributed by atoms with Crippen LogP contribution in [-0.2, 0) is 11.3 Å². The third-order valence-corrected chi connectivity index (χ3v) is 4.81. The Balaban J connectivity index is 1.92. The number of nitrogens with one attached hydrogen (secondary N) is 1. The number of rotatable bonds is 10. The van der Waals surface area contributed by atoms with Gasteiger partial charge in [-0.1, -0.05) is 6.92 Å². The first-order valence-electron chi connectivity index (χ1n) is 7.65. The molecule has 0 atom stereocenters. The molecule has 0 saturated heterocycles. The van der Waals surface area contributed by atoms with E-state index in [0.717, 1.165) is 32.2 Å². The van der Waals surface area contributed by atoms with Crippen LogP contribution in [0.3, 0.4) is 0 Å². The Kier molecular flexibility index (Phi) is 6.26. The van der Waals surface area contributed by atoms with Crippen molar-refractivity contribution in [2.75, 3.05) is 38.3 Å². The van der Waals surface area contributed by atoms with Crippen LogP contribution in [0.4, 0.5) is 5.13 Å². The molecule has 5 heteroatoms. The van der Waals surface area contributed by atoms with E-state index in [0.29, 0.717) is 0 Å². The standard InChI is InChI=1S/C15H27N3OS/c1-4-8-18(11-13-5-6-13)15-17-12(2)14(20-15)10-16-7-9-19-3/h13,16H,4-11H2,1-3H3. The van der Waals surface area contributed by atoms with Crippen LogP contribution in [0.2, 0.25) is 0 Å². The van der Waals surface area contributed by atoms with E-state index in [1.165, 1.54) is 41.5 Å². The Morgan fingerprint density at radius 2 is 2.25 bits per heavy atom. The van der Waals surface area contributed by atoms with Gasteiger partial charge in [0, 0.05) is 38.2 Å². The number of hydrogen-bond donors (Lipinski definition) is 1. The maximum absolute atomic E-state index is 5.05. The fourth-order valence-corrected chi connectivity index (χ4v) is 3.30. The first-order valence-corrected chi connectivity index (χ1v) is 8.47. The minimum absolute atomic E-state index is 0.758. The van der Waals surface area contributed by atoms with Gasteiger partial charge in [-0.2, -0.15) is 0 Å². The summed E-state index contributed by atoms with van der Waals surface area (Å²) in [4.78, 5) is 8.62. The largest absolute Gasteiger partial charge is 0.383 e. The van der Waals surface area contributed by atoms with E-state index in [1.807, 2.05) is 11.3 Å². The molecule has 0 spiro atoms. The van der Waals surface area contributed by atoms with Gasteiger partial charge in [-0.05, 0) is 32.1 Å². The van der Waals surface area contributed by atoms with Crippen LogP contribution in [0.5, 0.6) is 0 Å². The summed E-state index contributed by atoms with van der Waals surface area (Å²) in [6.45, 7) is 9.23. The topological polar surface area (TPSA) is 37.4 Å². The summed E-state index contributed by atoms with van der Waals surface area (Å²) in [6.07, 6.45) is 3.98. The summed E-state index contributed by atoms with van der Waals surface area (Å²) in [5, 5.41) is 4.62. The van der Waals surface area contributed by atoms with Gasteiger partial charge in [0.1, 0.15) is 0 Å². The SMILES string of the molecule is CCCN(CC1CC1)c1nc(C)c(CNCCOC)s1. The number of ether oxygens (including phenoxy) is 1. The van der Waals surface area contributed by atoms with Gasteiger partial charge in [-0.3, -0.25) is 0 Å². The molecule has 0 radical (unpaired) electrons. The molecule has 1 saturated carbocycles. The predicted molar refractivity (Wildman–Crippen MR) is 85.7 cm³/mol. The summed E-state index contributed by atoms with van der Waals surface area (Å²) < 4.78 is 5.05. The quantitative estimate of drug-likeness (QED) is 0.674. The first-order chi connectivity index (χ1) is 9.74. The molecule has 1 aliphatic rings. The second kappa shape index (κ2) is 7.96. The number of thiazole rings is 1. The molecule has 1 fully saturated rings. The molecule has 1 aromatic heterocycles. The van der Waals surface area contributed by atoms with Crippen molar-refractivity contribution < 1.29 is 4.74 Å². The first kappa shape index (κ1) is 15.7. The number of hydrogen-bond acceptors (Lipinski definition) is 5. The van der Waals surface area contributed by atoms with Crippen molar-refractivity contribution in [3.8, 4) is 0 Å². The van der Waals surface area contributed by atoms with Crippen molar-refractivity contribution in [2.24, 2.45) is 5.92 Å². The number of methoxy groups -OCH3 is 1. The van der Waals surface area contributed by atoms with Gasteiger partial charge < -0.3 is 15.0 Å². The van der Waals surface area contributed by atoms with E-state index in [9.17, 15) is 0 Å². The highest BCUT2D eigenvalue weighted by Gasteiger charge is 2.25. The maximum Gasteiger partial charge on any atom is 0.185 e. The fraction of sp³-hybridized carbons (Fsp3) is 0.800. The van der Waals surface area contributed by atoms with E-state index in [-0.39, 0.29) is 0 Å². The molecular formula is C15H27N3OS. The second-order valence-electron chi connectivity index (χ2n) is 5.56. The highest BCUT2D eigenvalue weighted by atomic mass is 32.1. The van der Waals surface area contributed by atoms with Gasteiger partial charge in [0.2, 0.25) is 0 Å². The zero-order valence-corrected chi connectivity index (χ0v) is 13.8. The van der Waals surface area contributed by atoms with Gasteiger partial charge in [-0.15, -0.1) is 11.3 Å². The molecule has 0 bridgehead atoms. The van der Waals surface area contributed by atoms with E-state index in [1.54, 1.807) is 7.11 Å². The van der Waals surface area contributed by atoms with E-state index < -0.39 is 0 Å². The number of anilines is 1. The van der Waals surface area contributed by atoms with Crippen molar-refractivity contribution in [3.05, 3.63) is 10.6 Å². The second-order valence-corrected chi connectivity index (χ2v) is 6.63. The molecule has 1 N–H and O–H groups in total. The Hall–Kier alpha value is -0.650. The van der Waals surface area contributed by atoms with Crippen molar-refractivity contribution in [2.45, 2.75) is 39.7 Å². The normalized spacial score (nSPS) is 14.8. The molecule has 1 aliphatic carbocycles. The molecule has 0 aromatic carbocycles. The molecule has 2 rings (SSSR count). The van der Waals surface area contributed by atoms with E-state index in [4.69, 9.17) is 9.72 Å². The lowest BCUT2D eigenvalue weighted by Crippen LogP contribution is -2.26. The van der Waals surface area contributed by atoms with Crippen LogP contribution in [0, 0.1) is 12.8 Å². The zero-order valence-electron chi connectivity index (χ0n) is 12.9.